The second kappa shape index (κ2) is 6.65. The zero-order valence-corrected chi connectivity index (χ0v) is 13.5. The summed E-state index contributed by atoms with van der Waals surface area (Å²) >= 11 is 0. The monoisotopic (exact) mass is 307 g/mol. The largest absolute Gasteiger partial charge is 0.350 e. The van der Waals surface area contributed by atoms with E-state index in [2.05, 4.69) is 17.2 Å². The standard InChI is InChI=1S/C19H21N3O/c1-3-6-14(2)21-19(23)15-9-11-16(12-10-15)22-13-20-17-7-4-5-8-18(17)22/h4-5,7-14H,3,6H2,1-2H3,(H,21,23)/t14-/m0/s1. The number of benzene rings is 2. The molecule has 0 aliphatic heterocycles. The van der Waals surface area contributed by atoms with Gasteiger partial charge < -0.3 is 5.32 Å². The zero-order chi connectivity index (χ0) is 16.2. The summed E-state index contributed by atoms with van der Waals surface area (Å²) in [6.45, 7) is 4.15. The molecular weight excluding hydrogens is 286 g/mol. The van der Waals surface area contributed by atoms with Crippen LogP contribution in [0.1, 0.15) is 37.0 Å². The number of hydrogen-bond donors (Lipinski definition) is 1. The van der Waals surface area contributed by atoms with Crippen LogP contribution in [-0.4, -0.2) is 21.5 Å². The summed E-state index contributed by atoms with van der Waals surface area (Å²) in [7, 11) is 0. The van der Waals surface area contributed by atoms with Gasteiger partial charge in [-0.05, 0) is 49.7 Å². The number of carbonyl (C=O) groups excluding carboxylic acids is 1. The van der Waals surface area contributed by atoms with E-state index in [1.165, 1.54) is 0 Å². The van der Waals surface area contributed by atoms with Crippen LogP contribution in [0.15, 0.2) is 54.9 Å². The number of carbonyl (C=O) groups is 1. The Kier molecular flexibility index (Phi) is 4.42. The summed E-state index contributed by atoms with van der Waals surface area (Å²) in [4.78, 5) is 16.6. The Morgan fingerprint density at radius 3 is 2.65 bits per heavy atom. The minimum absolute atomic E-state index is 0.0204. The number of rotatable bonds is 5. The van der Waals surface area contributed by atoms with Gasteiger partial charge in [-0.1, -0.05) is 25.5 Å². The van der Waals surface area contributed by atoms with Crippen LogP contribution in [0.2, 0.25) is 0 Å². The van der Waals surface area contributed by atoms with Gasteiger partial charge in [-0.3, -0.25) is 9.36 Å². The maximum atomic E-state index is 12.2. The van der Waals surface area contributed by atoms with Crippen molar-refractivity contribution in [3.63, 3.8) is 0 Å². The van der Waals surface area contributed by atoms with E-state index >= 15 is 0 Å². The average Bonchev–Trinajstić information content (AvgIpc) is 2.99. The summed E-state index contributed by atoms with van der Waals surface area (Å²) < 4.78 is 2.02. The van der Waals surface area contributed by atoms with Gasteiger partial charge in [0.1, 0.15) is 6.33 Å². The summed E-state index contributed by atoms with van der Waals surface area (Å²) in [5.41, 5.74) is 3.70. The van der Waals surface area contributed by atoms with Crippen LogP contribution in [0, 0.1) is 0 Å². The Hall–Kier alpha value is -2.62. The second-order valence-corrected chi connectivity index (χ2v) is 5.81. The Morgan fingerprint density at radius 1 is 1.17 bits per heavy atom. The number of nitrogens with one attached hydrogen (secondary N) is 1. The smallest absolute Gasteiger partial charge is 0.251 e. The summed E-state index contributed by atoms with van der Waals surface area (Å²) in [5, 5.41) is 3.02. The molecule has 1 amide bonds. The highest BCUT2D eigenvalue weighted by atomic mass is 16.1. The van der Waals surface area contributed by atoms with E-state index < -0.39 is 0 Å². The van der Waals surface area contributed by atoms with Gasteiger partial charge in [-0.25, -0.2) is 4.98 Å². The highest BCUT2D eigenvalue weighted by molar-refractivity contribution is 5.94. The molecule has 0 unspecified atom stereocenters. The van der Waals surface area contributed by atoms with Crippen molar-refractivity contribution in [2.45, 2.75) is 32.7 Å². The molecule has 2 aromatic carbocycles. The highest BCUT2D eigenvalue weighted by Gasteiger charge is 2.10. The van der Waals surface area contributed by atoms with Crippen molar-refractivity contribution in [1.29, 1.82) is 0 Å². The lowest BCUT2D eigenvalue weighted by molar-refractivity contribution is 0.0938. The Morgan fingerprint density at radius 2 is 1.91 bits per heavy atom. The van der Waals surface area contributed by atoms with Gasteiger partial charge in [-0.2, -0.15) is 0 Å². The normalized spacial score (nSPS) is 12.3. The van der Waals surface area contributed by atoms with Crippen LogP contribution in [0.3, 0.4) is 0 Å². The molecule has 1 atom stereocenters. The molecule has 0 fully saturated rings. The van der Waals surface area contributed by atoms with Gasteiger partial charge in [-0.15, -0.1) is 0 Å². The van der Waals surface area contributed by atoms with E-state index in [-0.39, 0.29) is 11.9 Å². The van der Waals surface area contributed by atoms with Crippen molar-refractivity contribution in [3.8, 4) is 5.69 Å². The molecule has 23 heavy (non-hydrogen) atoms. The van der Waals surface area contributed by atoms with Gasteiger partial charge in [0.15, 0.2) is 0 Å². The molecule has 1 aromatic heterocycles. The summed E-state index contributed by atoms with van der Waals surface area (Å²) in [5.74, 6) is -0.0204. The zero-order valence-electron chi connectivity index (χ0n) is 13.5. The SMILES string of the molecule is CCC[C@H](C)NC(=O)c1ccc(-n2cnc3ccccc32)cc1. The van der Waals surface area contributed by atoms with Gasteiger partial charge in [0.05, 0.1) is 11.0 Å². The van der Waals surface area contributed by atoms with Crippen LogP contribution in [0.5, 0.6) is 0 Å². The first-order valence-electron chi connectivity index (χ1n) is 8.02. The third kappa shape index (κ3) is 3.26. The fourth-order valence-corrected chi connectivity index (χ4v) is 2.75. The molecule has 0 aliphatic rings. The minimum atomic E-state index is -0.0204. The average molecular weight is 307 g/mol. The van der Waals surface area contributed by atoms with Crippen LogP contribution in [-0.2, 0) is 0 Å². The molecule has 3 aromatic rings. The third-order valence-electron chi connectivity index (χ3n) is 3.96. The second-order valence-electron chi connectivity index (χ2n) is 5.81. The topological polar surface area (TPSA) is 46.9 Å². The molecule has 0 saturated heterocycles. The van der Waals surface area contributed by atoms with Crippen molar-refractivity contribution < 1.29 is 4.79 Å². The summed E-state index contributed by atoms with van der Waals surface area (Å²) in [6.07, 6.45) is 3.86. The molecule has 4 heteroatoms. The van der Waals surface area contributed by atoms with Crippen molar-refractivity contribution in [2.24, 2.45) is 0 Å². The first-order chi connectivity index (χ1) is 11.2. The molecule has 1 heterocycles. The first-order valence-corrected chi connectivity index (χ1v) is 8.02. The van der Waals surface area contributed by atoms with Crippen LogP contribution >= 0.6 is 0 Å². The number of nitrogens with zero attached hydrogens (tertiary/aromatic N) is 2. The molecule has 0 aliphatic carbocycles. The van der Waals surface area contributed by atoms with Crippen LogP contribution in [0.25, 0.3) is 16.7 Å². The predicted molar refractivity (Wildman–Crippen MR) is 92.9 cm³/mol. The molecule has 0 spiro atoms. The van der Waals surface area contributed by atoms with Crippen molar-refractivity contribution in [2.75, 3.05) is 0 Å². The van der Waals surface area contributed by atoms with Gasteiger partial charge in [0.2, 0.25) is 0 Å². The van der Waals surface area contributed by atoms with Crippen LogP contribution < -0.4 is 5.32 Å². The van der Waals surface area contributed by atoms with Gasteiger partial charge in [0.25, 0.3) is 5.91 Å². The lowest BCUT2D eigenvalue weighted by Gasteiger charge is -2.13. The van der Waals surface area contributed by atoms with E-state index in [4.69, 9.17) is 0 Å². The Bertz CT molecular complexity index is 805. The lowest BCUT2D eigenvalue weighted by atomic mass is 10.1. The third-order valence-corrected chi connectivity index (χ3v) is 3.96. The van der Waals surface area contributed by atoms with Crippen LogP contribution in [0.4, 0.5) is 0 Å². The van der Waals surface area contributed by atoms with E-state index in [0.29, 0.717) is 5.56 Å². The molecule has 3 rings (SSSR count). The van der Waals surface area contributed by atoms with Crippen molar-refractivity contribution >= 4 is 16.9 Å². The van der Waals surface area contributed by atoms with E-state index in [1.807, 2.05) is 66.3 Å². The predicted octanol–water partition coefficient (Wildman–Crippen LogP) is 3.94. The first kappa shape index (κ1) is 15.3. The van der Waals surface area contributed by atoms with E-state index in [0.717, 1.165) is 29.6 Å². The minimum Gasteiger partial charge on any atom is -0.350 e. The number of fused-ring (bicyclic) bond motifs is 1. The molecule has 1 N–H and O–H groups in total. The van der Waals surface area contributed by atoms with E-state index in [1.54, 1.807) is 0 Å². The molecule has 4 nitrogen and oxygen atoms in total. The number of imidazole rings is 1. The van der Waals surface area contributed by atoms with Gasteiger partial charge >= 0.3 is 0 Å². The number of aromatic nitrogens is 2. The quantitative estimate of drug-likeness (QED) is 0.776. The summed E-state index contributed by atoms with van der Waals surface area (Å²) in [6, 6.07) is 15.8. The van der Waals surface area contributed by atoms with Gasteiger partial charge in [0, 0.05) is 17.3 Å². The molecule has 118 valence electrons. The van der Waals surface area contributed by atoms with E-state index in [9.17, 15) is 4.79 Å². The fraction of sp³-hybridized carbons (Fsp3) is 0.263. The number of hydrogen-bond acceptors (Lipinski definition) is 2. The van der Waals surface area contributed by atoms with Crippen molar-refractivity contribution in [1.82, 2.24) is 14.9 Å². The maximum absolute atomic E-state index is 12.2. The lowest BCUT2D eigenvalue weighted by Crippen LogP contribution is -2.32. The molecule has 0 bridgehead atoms. The molecule has 0 radical (unpaired) electrons. The maximum Gasteiger partial charge on any atom is 0.251 e. The Labute approximate surface area is 136 Å². The number of para-hydroxylation sites is 2. The molecule has 0 saturated carbocycles. The molecular formula is C19H21N3O. The number of amides is 1. The highest BCUT2D eigenvalue weighted by Crippen LogP contribution is 2.18. The van der Waals surface area contributed by atoms with Crippen molar-refractivity contribution in [3.05, 3.63) is 60.4 Å². The Balaban J connectivity index is 1.81. The fourth-order valence-electron chi connectivity index (χ4n) is 2.75.